The number of fused-ring (bicyclic) bond motifs is 1. The number of nitrogens with one attached hydrogen (secondary N) is 2. The van der Waals surface area contributed by atoms with Gasteiger partial charge in [-0.1, -0.05) is 26.7 Å². The van der Waals surface area contributed by atoms with Crippen molar-refractivity contribution < 1.29 is 24.2 Å². The summed E-state index contributed by atoms with van der Waals surface area (Å²) in [5, 5.41) is 15.1. The lowest BCUT2D eigenvalue weighted by Crippen LogP contribution is -2.58. The Bertz CT molecular complexity index is 766. The number of hydrogen-bond donors (Lipinski definition) is 3. The van der Waals surface area contributed by atoms with Gasteiger partial charge in [-0.3, -0.25) is 14.4 Å². The van der Waals surface area contributed by atoms with Crippen molar-refractivity contribution in [2.24, 2.45) is 17.8 Å². The van der Waals surface area contributed by atoms with Gasteiger partial charge in [-0.2, -0.15) is 0 Å². The van der Waals surface area contributed by atoms with E-state index in [0.29, 0.717) is 19.5 Å². The van der Waals surface area contributed by atoms with E-state index in [1.165, 1.54) is 0 Å². The molecule has 3 amide bonds. The first-order valence-corrected chi connectivity index (χ1v) is 12.6. The van der Waals surface area contributed by atoms with E-state index >= 15 is 0 Å². The molecule has 6 atom stereocenters. The summed E-state index contributed by atoms with van der Waals surface area (Å²) >= 11 is 0. The van der Waals surface area contributed by atoms with Crippen LogP contribution in [-0.2, 0) is 19.1 Å². The number of carbonyl (C=O) groups is 3. The number of nitrogens with zero attached hydrogens (tertiary/aromatic N) is 1. The Morgan fingerprint density at radius 3 is 2.45 bits per heavy atom. The lowest BCUT2D eigenvalue weighted by Gasteiger charge is -2.36. The van der Waals surface area contributed by atoms with Crippen LogP contribution in [0.5, 0.6) is 0 Å². The molecule has 3 aliphatic heterocycles. The van der Waals surface area contributed by atoms with Gasteiger partial charge in [-0.25, -0.2) is 0 Å². The van der Waals surface area contributed by atoms with Gasteiger partial charge in [-0.05, 0) is 59.3 Å². The number of hydrogen-bond acceptors (Lipinski definition) is 5. The number of carbonyl (C=O) groups excluding carboxylic acids is 3. The van der Waals surface area contributed by atoms with E-state index in [1.807, 2.05) is 34.6 Å². The molecule has 8 nitrogen and oxygen atoms in total. The van der Waals surface area contributed by atoms with Gasteiger partial charge < -0.3 is 25.4 Å². The predicted octanol–water partition coefficient (Wildman–Crippen LogP) is 1.99. The van der Waals surface area contributed by atoms with Crippen LogP contribution >= 0.6 is 0 Å². The maximum Gasteiger partial charge on any atom is 0.246 e. The Balaban J connectivity index is 1.96. The first kappa shape index (κ1) is 25.9. The highest BCUT2D eigenvalue weighted by Crippen LogP contribution is 2.65. The van der Waals surface area contributed by atoms with Crippen LogP contribution < -0.4 is 10.6 Å². The summed E-state index contributed by atoms with van der Waals surface area (Å²) in [6.45, 7) is 12.9. The summed E-state index contributed by atoms with van der Waals surface area (Å²) in [5.74, 6) is -1.70. The van der Waals surface area contributed by atoms with Gasteiger partial charge in [0.15, 0.2) is 0 Å². The number of likely N-dealkylation sites (tertiary alicyclic amines) is 1. The molecule has 3 aliphatic rings. The van der Waals surface area contributed by atoms with Crippen molar-refractivity contribution in [2.45, 2.75) is 103 Å². The summed E-state index contributed by atoms with van der Waals surface area (Å²) in [6.07, 6.45) is 4.61. The summed E-state index contributed by atoms with van der Waals surface area (Å²) < 4.78 is 6.67. The van der Waals surface area contributed by atoms with E-state index in [0.717, 1.165) is 32.1 Å². The summed E-state index contributed by atoms with van der Waals surface area (Å²) in [6, 6.07) is -0.750. The topological polar surface area (TPSA) is 108 Å². The maximum absolute atomic E-state index is 13.9. The normalized spacial score (nSPS) is 35.1. The second-order valence-corrected chi connectivity index (χ2v) is 11.4. The number of rotatable bonds is 10. The molecular weight excluding hydrogens is 422 g/mol. The SMILES string of the molecule is CCCNC(=O)[C@@H]1[C@H]2C(=O)N(CCCCCCO)C(C(=O)NC(C)(C)C)C23CC(C)[C@@]1(C)O3. The fourth-order valence-corrected chi connectivity index (χ4v) is 6.22. The van der Waals surface area contributed by atoms with Crippen molar-refractivity contribution in [2.75, 3.05) is 19.7 Å². The van der Waals surface area contributed by atoms with Gasteiger partial charge in [0.25, 0.3) is 0 Å². The third kappa shape index (κ3) is 4.53. The molecule has 0 aromatic carbocycles. The standard InChI is InChI=1S/C25H43N3O5/c1-7-12-26-20(30)17-18-22(32)28(13-10-8-9-11-14-29)19(21(31)27-23(3,4)5)25(18)15-16(2)24(17,6)33-25/h16-19,29H,7-15H2,1-6H3,(H,26,30)(H,27,31)/t16?,17-,18-,19?,24+,25?/m0/s1. The zero-order valence-electron chi connectivity index (χ0n) is 21.2. The summed E-state index contributed by atoms with van der Waals surface area (Å²) in [4.78, 5) is 42.4. The van der Waals surface area contributed by atoms with E-state index in [1.54, 1.807) is 4.90 Å². The van der Waals surface area contributed by atoms with Crippen LogP contribution in [0.15, 0.2) is 0 Å². The van der Waals surface area contributed by atoms with Crippen LogP contribution in [0.4, 0.5) is 0 Å². The molecule has 3 N–H and O–H groups in total. The van der Waals surface area contributed by atoms with E-state index in [4.69, 9.17) is 9.84 Å². The monoisotopic (exact) mass is 465 g/mol. The number of aliphatic hydroxyl groups is 1. The molecule has 3 rings (SSSR count). The minimum atomic E-state index is -0.986. The van der Waals surface area contributed by atoms with Crippen LogP contribution in [0, 0.1) is 17.8 Å². The van der Waals surface area contributed by atoms with E-state index < -0.39 is 34.6 Å². The number of unbranched alkanes of at least 4 members (excludes halogenated alkanes) is 3. The van der Waals surface area contributed by atoms with E-state index in [9.17, 15) is 14.4 Å². The van der Waals surface area contributed by atoms with Crippen LogP contribution in [0.1, 0.15) is 80.1 Å². The predicted molar refractivity (Wildman–Crippen MR) is 125 cm³/mol. The highest BCUT2D eigenvalue weighted by molar-refractivity contribution is 5.99. The molecule has 0 aromatic heterocycles. The molecule has 8 heteroatoms. The third-order valence-electron chi connectivity index (χ3n) is 7.70. The molecule has 188 valence electrons. The molecule has 1 spiro atoms. The molecule has 0 radical (unpaired) electrons. The van der Waals surface area contributed by atoms with Crippen LogP contribution in [-0.4, -0.2) is 70.2 Å². The lowest BCUT2D eigenvalue weighted by molar-refractivity contribution is -0.148. The molecule has 3 saturated heterocycles. The number of ether oxygens (including phenoxy) is 1. The van der Waals surface area contributed by atoms with E-state index in [-0.39, 0.29) is 30.2 Å². The van der Waals surface area contributed by atoms with Crippen molar-refractivity contribution in [3.63, 3.8) is 0 Å². The Morgan fingerprint density at radius 1 is 1.18 bits per heavy atom. The van der Waals surface area contributed by atoms with Crippen molar-refractivity contribution in [3.8, 4) is 0 Å². The van der Waals surface area contributed by atoms with Crippen LogP contribution in [0.25, 0.3) is 0 Å². The lowest BCUT2D eigenvalue weighted by atomic mass is 9.62. The fourth-order valence-electron chi connectivity index (χ4n) is 6.22. The molecule has 2 bridgehead atoms. The van der Waals surface area contributed by atoms with Crippen molar-refractivity contribution in [3.05, 3.63) is 0 Å². The molecule has 0 aromatic rings. The Morgan fingerprint density at radius 2 is 1.85 bits per heavy atom. The Kier molecular flexibility index (Phi) is 7.49. The smallest absolute Gasteiger partial charge is 0.246 e. The third-order valence-corrected chi connectivity index (χ3v) is 7.70. The average Bonchev–Trinajstić information content (AvgIpc) is 3.22. The number of aliphatic hydroxyl groups excluding tert-OH is 1. The first-order chi connectivity index (χ1) is 15.4. The highest BCUT2D eigenvalue weighted by atomic mass is 16.5. The van der Waals surface area contributed by atoms with Gasteiger partial charge in [0.2, 0.25) is 17.7 Å². The minimum Gasteiger partial charge on any atom is -0.396 e. The van der Waals surface area contributed by atoms with Crippen molar-refractivity contribution >= 4 is 17.7 Å². The summed E-state index contributed by atoms with van der Waals surface area (Å²) in [5.41, 5.74) is -2.21. The maximum atomic E-state index is 13.9. The first-order valence-electron chi connectivity index (χ1n) is 12.6. The molecule has 33 heavy (non-hydrogen) atoms. The molecule has 3 heterocycles. The summed E-state index contributed by atoms with van der Waals surface area (Å²) in [7, 11) is 0. The van der Waals surface area contributed by atoms with Gasteiger partial charge in [0.05, 0.1) is 17.4 Å². The largest absolute Gasteiger partial charge is 0.396 e. The Labute approximate surface area is 198 Å². The number of amides is 3. The molecule has 3 fully saturated rings. The highest BCUT2D eigenvalue weighted by Gasteiger charge is 2.79. The van der Waals surface area contributed by atoms with Gasteiger partial charge in [-0.15, -0.1) is 0 Å². The molecule has 0 saturated carbocycles. The van der Waals surface area contributed by atoms with Gasteiger partial charge in [0, 0.05) is 25.2 Å². The zero-order valence-corrected chi connectivity index (χ0v) is 21.2. The van der Waals surface area contributed by atoms with Crippen LogP contribution in [0.2, 0.25) is 0 Å². The zero-order chi connectivity index (χ0) is 24.6. The van der Waals surface area contributed by atoms with Crippen molar-refractivity contribution in [1.82, 2.24) is 15.5 Å². The minimum absolute atomic E-state index is 0.0494. The molecule has 0 aliphatic carbocycles. The Hall–Kier alpha value is -1.67. The quantitative estimate of drug-likeness (QED) is 0.428. The second kappa shape index (κ2) is 9.53. The van der Waals surface area contributed by atoms with Crippen molar-refractivity contribution in [1.29, 1.82) is 0 Å². The van der Waals surface area contributed by atoms with Crippen LogP contribution in [0.3, 0.4) is 0 Å². The van der Waals surface area contributed by atoms with Gasteiger partial charge >= 0.3 is 0 Å². The molecular formula is C25H43N3O5. The molecule has 3 unspecified atom stereocenters. The van der Waals surface area contributed by atoms with E-state index in [2.05, 4.69) is 17.6 Å². The average molecular weight is 466 g/mol. The van der Waals surface area contributed by atoms with Gasteiger partial charge in [0.1, 0.15) is 11.6 Å². The second-order valence-electron chi connectivity index (χ2n) is 11.4. The fraction of sp³-hybridized carbons (Fsp3) is 0.880.